The van der Waals surface area contributed by atoms with Crippen LogP contribution in [-0.2, 0) is 0 Å². The standard InChI is InChI=1S/C21H27NO3/c23-19-10-8-18(9-11-19)22-14-20(24)15-25-21-12-6-17(7-13-21)16-4-2-1-3-5-16/h1-7,12-13,18-20,22-24H,8-11,14-15H2/t18?,19?,20-/m0/s1. The van der Waals surface area contributed by atoms with Crippen molar-refractivity contribution in [2.24, 2.45) is 0 Å². The Labute approximate surface area is 149 Å². The van der Waals surface area contributed by atoms with E-state index < -0.39 is 6.10 Å². The summed E-state index contributed by atoms with van der Waals surface area (Å²) in [6.45, 7) is 0.788. The summed E-state index contributed by atoms with van der Waals surface area (Å²) in [5, 5.41) is 23.0. The Balaban J connectivity index is 1.40. The predicted molar refractivity (Wildman–Crippen MR) is 99.6 cm³/mol. The molecule has 1 aliphatic rings. The van der Waals surface area contributed by atoms with Crippen molar-refractivity contribution in [3.8, 4) is 16.9 Å². The zero-order valence-corrected chi connectivity index (χ0v) is 14.5. The molecule has 0 heterocycles. The van der Waals surface area contributed by atoms with Gasteiger partial charge in [0.1, 0.15) is 18.5 Å². The molecule has 4 nitrogen and oxygen atoms in total. The number of rotatable bonds is 7. The highest BCUT2D eigenvalue weighted by atomic mass is 16.5. The second-order valence-electron chi connectivity index (χ2n) is 6.77. The topological polar surface area (TPSA) is 61.7 Å². The fraction of sp³-hybridized carbons (Fsp3) is 0.429. The fourth-order valence-corrected chi connectivity index (χ4v) is 3.21. The zero-order valence-electron chi connectivity index (χ0n) is 14.5. The first kappa shape index (κ1) is 17.9. The Kier molecular flexibility index (Phi) is 6.45. The van der Waals surface area contributed by atoms with Crippen molar-refractivity contribution in [2.75, 3.05) is 13.2 Å². The molecule has 0 aliphatic heterocycles. The van der Waals surface area contributed by atoms with Crippen LogP contribution < -0.4 is 10.1 Å². The minimum Gasteiger partial charge on any atom is -0.491 e. The van der Waals surface area contributed by atoms with Crippen LogP contribution in [0.25, 0.3) is 11.1 Å². The highest BCUT2D eigenvalue weighted by molar-refractivity contribution is 5.63. The van der Waals surface area contributed by atoms with E-state index in [9.17, 15) is 10.2 Å². The average Bonchev–Trinajstić information content (AvgIpc) is 2.67. The van der Waals surface area contributed by atoms with Crippen LogP contribution in [0.2, 0.25) is 0 Å². The first-order chi connectivity index (χ1) is 12.2. The second-order valence-corrected chi connectivity index (χ2v) is 6.77. The average molecular weight is 341 g/mol. The quantitative estimate of drug-likeness (QED) is 0.724. The molecule has 25 heavy (non-hydrogen) atoms. The predicted octanol–water partition coefficient (Wildman–Crippen LogP) is 2.99. The van der Waals surface area contributed by atoms with Gasteiger partial charge in [-0.25, -0.2) is 0 Å². The van der Waals surface area contributed by atoms with Crippen LogP contribution in [0.5, 0.6) is 5.75 Å². The van der Waals surface area contributed by atoms with Crippen LogP contribution in [0.1, 0.15) is 25.7 Å². The lowest BCUT2D eigenvalue weighted by atomic mass is 9.93. The third-order valence-electron chi connectivity index (χ3n) is 4.74. The van der Waals surface area contributed by atoms with Gasteiger partial charge in [0.05, 0.1) is 6.10 Å². The molecule has 134 valence electrons. The summed E-state index contributed by atoms with van der Waals surface area (Å²) in [5.41, 5.74) is 2.32. The highest BCUT2D eigenvalue weighted by Crippen LogP contribution is 2.22. The van der Waals surface area contributed by atoms with Gasteiger partial charge in [-0.1, -0.05) is 42.5 Å². The maximum Gasteiger partial charge on any atom is 0.119 e. The lowest BCUT2D eigenvalue weighted by molar-refractivity contribution is 0.0901. The molecule has 0 aromatic heterocycles. The lowest BCUT2D eigenvalue weighted by Gasteiger charge is -2.27. The van der Waals surface area contributed by atoms with Gasteiger partial charge in [0, 0.05) is 12.6 Å². The number of aliphatic hydroxyl groups excluding tert-OH is 2. The van der Waals surface area contributed by atoms with Crippen LogP contribution >= 0.6 is 0 Å². The van der Waals surface area contributed by atoms with E-state index in [-0.39, 0.29) is 12.7 Å². The Hall–Kier alpha value is -1.88. The first-order valence-electron chi connectivity index (χ1n) is 9.08. The molecule has 4 heteroatoms. The van der Waals surface area contributed by atoms with Crippen LogP contribution in [-0.4, -0.2) is 41.6 Å². The summed E-state index contributed by atoms with van der Waals surface area (Å²) in [5.74, 6) is 0.763. The Morgan fingerprint density at radius 1 is 0.920 bits per heavy atom. The number of aliphatic hydroxyl groups is 2. The van der Waals surface area contributed by atoms with E-state index in [4.69, 9.17) is 4.74 Å². The zero-order chi connectivity index (χ0) is 17.5. The third kappa shape index (κ3) is 5.56. The van der Waals surface area contributed by atoms with Crippen LogP contribution in [0, 0.1) is 0 Å². The van der Waals surface area contributed by atoms with Crippen molar-refractivity contribution in [3.05, 3.63) is 54.6 Å². The molecule has 1 atom stereocenters. The van der Waals surface area contributed by atoms with E-state index in [1.165, 1.54) is 5.56 Å². The Morgan fingerprint density at radius 3 is 2.24 bits per heavy atom. The normalized spacial score (nSPS) is 21.7. The molecule has 2 aromatic carbocycles. The maximum absolute atomic E-state index is 10.1. The molecule has 0 unspecified atom stereocenters. The number of hydrogen-bond donors (Lipinski definition) is 3. The highest BCUT2D eigenvalue weighted by Gasteiger charge is 2.19. The summed E-state index contributed by atoms with van der Waals surface area (Å²) in [4.78, 5) is 0. The molecule has 3 rings (SSSR count). The van der Waals surface area contributed by atoms with E-state index >= 15 is 0 Å². The minimum absolute atomic E-state index is 0.148. The van der Waals surface area contributed by atoms with Crippen molar-refractivity contribution in [1.29, 1.82) is 0 Å². The lowest BCUT2D eigenvalue weighted by Crippen LogP contribution is -2.40. The van der Waals surface area contributed by atoms with Gasteiger partial charge in [-0.2, -0.15) is 0 Å². The Bertz CT molecular complexity index is 621. The molecule has 1 fully saturated rings. The van der Waals surface area contributed by atoms with E-state index in [0.29, 0.717) is 12.6 Å². The van der Waals surface area contributed by atoms with E-state index in [2.05, 4.69) is 17.4 Å². The van der Waals surface area contributed by atoms with Gasteiger partial charge >= 0.3 is 0 Å². The molecule has 3 N–H and O–H groups in total. The number of ether oxygens (including phenoxy) is 1. The summed E-state index contributed by atoms with van der Waals surface area (Å²) >= 11 is 0. The number of hydrogen-bond acceptors (Lipinski definition) is 4. The van der Waals surface area contributed by atoms with Gasteiger partial charge in [-0.05, 0) is 48.9 Å². The van der Waals surface area contributed by atoms with Crippen LogP contribution in [0.15, 0.2) is 54.6 Å². The molecular weight excluding hydrogens is 314 g/mol. The van der Waals surface area contributed by atoms with Crippen molar-refractivity contribution in [2.45, 2.75) is 43.9 Å². The number of benzene rings is 2. The van der Waals surface area contributed by atoms with Gasteiger partial charge in [-0.15, -0.1) is 0 Å². The smallest absolute Gasteiger partial charge is 0.119 e. The minimum atomic E-state index is -0.541. The van der Waals surface area contributed by atoms with Gasteiger partial charge in [0.2, 0.25) is 0 Å². The summed E-state index contributed by atoms with van der Waals surface area (Å²) in [6.07, 6.45) is 2.94. The third-order valence-corrected chi connectivity index (χ3v) is 4.74. The molecule has 0 saturated heterocycles. The fourth-order valence-electron chi connectivity index (χ4n) is 3.21. The molecule has 0 bridgehead atoms. The Morgan fingerprint density at radius 2 is 1.56 bits per heavy atom. The molecule has 0 spiro atoms. The SMILES string of the molecule is OC1CCC(NC[C@H](O)COc2ccc(-c3ccccc3)cc2)CC1. The molecular formula is C21H27NO3. The van der Waals surface area contributed by atoms with Gasteiger partial charge < -0.3 is 20.3 Å². The van der Waals surface area contributed by atoms with Crippen LogP contribution in [0.3, 0.4) is 0 Å². The van der Waals surface area contributed by atoms with Crippen molar-refractivity contribution < 1.29 is 14.9 Å². The van der Waals surface area contributed by atoms with Gasteiger partial charge in [-0.3, -0.25) is 0 Å². The van der Waals surface area contributed by atoms with Crippen molar-refractivity contribution in [1.82, 2.24) is 5.32 Å². The first-order valence-corrected chi connectivity index (χ1v) is 9.08. The summed E-state index contributed by atoms with van der Waals surface area (Å²) in [7, 11) is 0. The number of nitrogens with one attached hydrogen (secondary N) is 1. The molecule has 1 aliphatic carbocycles. The molecule has 0 amide bonds. The van der Waals surface area contributed by atoms with E-state index in [1.807, 2.05) is 42.5 Å². The van der Waals surface area contributed by atoms with E-state index in [0.717, 1.165) is 37.0 Å². The van der Waals surface area contributed by atoms with Gasteiger partial charge in [0.25, 0.3) is 0 Å². The van der Waals surface area contributed by atoms with Crippen molar-refractivity contribution >= 4 is 0 Å². The van der Waals surface area contributed by atoms with E-state index in [1.54, 1.807) is 0 Å². The van der Waals surface area contributed by atoms with Gasteiger partial charge in [0.15, 0.2) is 0 Å². The van der Waals surface area contributed by atoms with Crippen LogP contribution in [0.4, 0.5) is 0 Å². The van der Waals surface area contributed by atoms with Crippen molar-refractivity contribution in [3.63, 3.8) is 0 Å². The summed E-state index contributed by atoms with van der Waals surface area (Å²) in [6, 6.07) is 18.5. The largest absolute Gasteiger partial charge is 0.491 e. The molecule has 0 radical (unpaired) electrons. The monoisotopic (exact) mass is 341 g/mol. The summed E-state index contributed by atoms with van der Waals surface area (Å²) < 4.78 is 5.69. The molecule has 1 saturated carbocycles. The molecule has 2 aromatic rings. The maximum atomic E-state index is 10.1. The second kappa shape index (κ2) is 8.99.